The fourth-order valence-electron chi connectivity index (χ4n) is 3.23. The quantitative estimate of drug-likeness (QED) is 0.565. The molecule has 0 atom stereocenters. The van der Waals surface area contributed by atoms with Crippen molar-refractivity contribution in [3.05, 3.63) is 47.3 Å². The molecule has 0 amide bonds. The highest BCUT2D eigenvalue weighted by atomic mass is 16.5. The van der Waals surface area contributed by atoms with Crippen LogP contribution in [0, 0.1) is 0 Å². The Morgan fingerprint density at radius 3 is 2.07 bits per heavy atom. The summed E-state index contributed by atoms with van der Waals surface area (Å²) < 4.78 is 26.6. The standard InChI is InChI=1S/C22H29NO7/c1-14(2)30-20-15(8-7-9-18(20)27-4)19-16(21(24)28-5)12-23(10-11-26-3)13-17(19)22(25)29-6/h7-9,12-14,19H,10-11H2,1-6H3. The molecular weight excluding hydrogens is 390 g/mol. The second kappa shape index (κ2) is 10.7. The van der Waals surface area contributed by atoms with Gasteiger partial charge in [0.1, 0.15) is 0 Å². The van der Waals surface area contributed by atoms with Crippen molar-refractivity contribution in [2.24, 2.45) is 0 Å². The Morgan fingerprint density at radius 2 is 1.60 bits per heavy atom. The molecule has 0 fully saturated rings. The first-order chi connectivity index (χ1) is 14.4. The number of carbonyl (C=O) groups is 2. The third-order valence-corrected chi connectivity index (χ3v) is 4.52. The molecule has 0 aliphatic carbocycles. The van der Waals surface area contributed by atoms with E-state index in [9.17, 15) is 9.59 Å². The second-order valence-electron chi connectivity index (χ2n) is 6.86. The van der Waals surface area contributed by atoms with E-state index in [2.05, 4.69) is 0 Å². The normalized spacial score (nSPS) is 14.2. The number of esters is 2. The molecule has 0 bridgehead atoms. The zero-order valence-electron chi connectivity index (χ0n) is 18.3. The zero-order chi connectivity index (χ0) is 22.3. The topological polar surface area (TPSA) is 83.5 Å². The zero-order valence-corrected chi connectivity index (χ0v) is 18.3. The van der Waals surface area contributed by atoms with E-state index in [1.807, 2.05) is 13.8 Å². The summed E-state index contributed by atoms with van der Waals surface area (Å²) in [5, 5.41) is 0. The monoisotopic (exact) mass is 419 g/mol. The number of rotatable bonds is 9. The first-order valence-corrected chi connectivity index (χ1v) is 9.56. The molecule has 1 aliphatic rings. The van der Waals surface area contributed by atoms with Crippen LogP contribution in [0.4, 0.5) is 0 Å². The van der Waals surface area contributed by atoms with E-state index < -0.39 is 17.9 Å². The average Bonchev–Trinajstić information content (AvgIpc) is 2.75. The number of benzene rings is 1. The lowest BCUT2D eigenvalue weighted by atomic mass is 9.82. The Kier molecular flexibility index (Phi) is 8.29. The van der Waals surface area contributed by atoms with Gasteiger partial charge in [0.05, 0.1) is 51.1 Å². The molecule has 0 saturated heterocycles. The van der Waals surface area contributed by atoms with Gasteiger partial charge in [0, 0.05) is 31.6 Å². The largest absolute Gasteiger partial charge is 0.493 e. The minimum atomic E-state index is -0.757. The number of nitrogens with zero attached hydrogens (tertiary/aromatic N) is 1. The van der Waals surface area contributed by atoms with Crippen molar-refractivity contribution in [2.45, 2.75) is 25.9 Å². The van der Waals surface area contributed by atoms with Crippen molar-refractivity contribution in [1.29, 1.82) is 0 Å². The van der Waals surface area contributed by atoms with Gasteiger partial charge in [-0.15, -0.1) is 0 Å². The molecule has 0 aromatic heterocycles. The molecule has 164 valence electrons. The summed E-state index contributed by atoms with van der Waals surface area (Å²) in [5.41, 5.74) is 1.15. The van der Waals surface area contributed by atoms with Crippen molar-refractivity contribution >= 4 is 11.9 Å². The lowest BCUT2D eigenvalue weighted by Gasteiger charge is -2.31. The van der Waals surface area contributed by atoms with Crippen LogP contribution in [0.25, 0.3) is 0 Å². The van der Waals surface area contributed by atoms with Gasteiger partial charge < -0.3 is 28.6 Å². The molecule has 0 unspecified atom stereocenters. The molecule has 8 nitrogen and oxygen atoms in total. The van der Waals surface area contributed by atoms with E-state index >= 15 is 0 Å². The summed E-state index contributed by atoms with van der Waals surface area (Å²) in [7, 11) is 5.71. The molecule has 0 saturated carbocycles. The van der Waals surface area contributed by atoms with Crippen LogP contribution in [0.2, 0.25) is 0 Å². The van der Waals surface area contributed by atoms with Gasteiger partial charge in [-0.2, -0.15) is 0 Å². The molecule has 1 aromatic carbocycles. The molecule has 0 spiro atoms. The van der Waals surface area contributed by atoms with Crippen LogP contribution in [0.3, 0.4) is 0 Å². The fraction of sp³-hybridized carbons (Fsp3) is 0.455. The van der Waals surface area contributed by atoms with E-state index in [1.165, 1.54) is 21.3 Å². The van der Waals surface area contributed by atoms with E-state index in [0.29, 0.717) is 30.2 Å². The fourth-order valence-corrected chi connectivity index (χ4v) is 3.23. The van der Waals surface area contributed by atoms with Crippen LogP contribution < -0.4 is 9.47 Å². The summed E-state index contributed by atoms with van der Waals surface area (Å²) >= 11 is 0. The van der Waals surface area contributed by atoms with Crippen LogP contribution in [-0.2, 0) is 23.8 Å². The predicted molar refractivity (Wildman–Crippen MR) is 110 cm³/mol. The van der Waals surface area contributed by atoms with Gasteiger partial charge in [-0.05, 0) is 19.9 Å². The van der Waals surface area contributed by atoms with Crippen molar-refractivity contribution < 1.29 is 33.3 Å². The smallest absolute Gasteiger partial charge is 0.336 e. The maximum atomic E-state index is 12.7. The van der Waals surface area contributed by atoms with Crippen LogP contribution in [0.5, 0.6) is 11.5 Å². The molecule has 0 N–H and O–H groups in total. The van der Waals surface area contributed by atoms with Gasteiger partial charge in [-0.1, -0.05) is 12.1 Å². The third-order valence-electron chi connectivity index (χ3n) is 4.52. The van der Waals surface area contributed by atoms with Crippen molar-refractivity contribution in [2.75, 3.05) is 41.6 Å². The van der Waals surface area contributed by atoms with E-state index in [0.717, 1.165) is 0 Å². The van der Waals surface area contributed by atoms with Crippen LogP contribution >= 0.6 is 0 Å². The summed E-state index contributed by atoms with van der Waals surface area (Å²) in [6, 6.07) is 5.34. The van der Waals surface area contributed by atoms with Crippen LogP contribution in [0.1, 0.15) is 25.3 Å². The van der Waals surface area contributed by atoms with Gasteiger partial charge in [-0.25, -0.2) is 9.59 Å². The third kappa shape index (κ3) is 5.13. The highest BCUT2D eigenvalue weighted by Crippen LogP contribution is 2.44. The lowest BCUT2D eigenvalue weighted by molar-refractivity contribution is -0.137. The minimum absolute atomic E-state index is 0.155. The Morgan fingerprint density at radius 1 is 1.00 bits per heavy atom. The Labute approximate surface area is 177 Å². The molecule has 1 aliphatic heterocycles. The maximum absolute atomic E-state index is 12.7. The van der Waals surface area contributed by atoms with Gasteiger partial charge in [-0.3, -0.25) is 0 Å². The first kappa shape index (κ1) is 23.3. The Bertz CT molecular complexity index is 795. The van der Waals surface area contributed by atoms with Crippen molar-refractivity contribution in [1.82, 2.24) is 4.90 Å². The van der Waals surface area contributed by atoms with Gasteiger partial charge in [0.2, 0.25) is 0 Å². The van der Waals surface area contributed by atoms with Crippen LogP contribution in [0.15, 0.2) is 41.7 Å². The molecule has 2 rings (SSSR count). The number of ether oxygens (including phenoxy) is 5. The number of hydrogen-bond donors (Lipinski definition) is 0. The summed E-state index contributed by atoms with van der Waals surface area (Å²) in [6.45, 7) is 4.62. The van der Waals surface area contributed by atoms with E-state index in [-0.39, 0.29) is 17.3 Å². The maximum Gasteiger partial charge on any atom is 0.336 e. The SMILES string of the molecule is COCCN1C=C(C(=O)OC)C(c2cccc(OC)c2OC(C)C)C(C(=O)OC)=C1. The summed E-state index contributed by atoms with van der Waals surface area (Å²) in [4.78, 5) is 27.1. The van der Waals surface area contributed by atoms with Gasteiger partial charge >= 0.3 is 11.9 Å². The number of hydrogen-bond acceptors (Lipinski definition) is 8. The molecule has 8 heteroatoms. The molecule has 1 aromatic rings. The van der Waals surface area contributed by atoms with Gasteiger partial charge in [0.25, 0.3) is 0 Å². The summed E-state index contributed by atoms with van der Waals surface area (Å²) in [5.74, 6) is -0.926. The highest BCUT2D eigenvalue weighted by molar-refractivity contribution is 5.99. The average molecular weight is 419 g/mol. The minimum Gasteiger partial charge on any atom is -0.493 e. The van der Waals surface area contributed by atoms with Crippen molar-refractivity contribution in [3.8, 4) is 11.5 Å². The molecule has 1 heterocycles. The Hall–Kier alpha value is -3.00. The predicted octanol–water partition coefficient (Wildman–Crippen LogP) is 2.64. The first-order valence-electron chi connectivity index (χ1n) is 9.56. The summed E-state index contributed by atoms with van der Waals surface area (Å²) in [6.07, 6.45) is 3.15. The van der Waals surface area contributed by atoms with E-state index in [4.69, 9.17) is 23.7 Å². The highest BCUT2D eigenvalue weighted by Gasteiger charge is 2.37. The molecular formula is C22H29NO7. The van der Waals surface area contributed by atoms with Gasteiger partial charge in [0.15, 0.2) is 11.5 Å². The lowest BCUT2D eigenvalue weighted by Crippen LogP contribution is -2.30. The number of methoxy groups -OCH3 is 4. The van der Waals surface area contributed by atoms with E-state index in [1.54, 1.807) is 42.6 Å². The van der Waals surface area contributed by atoms with Crippen LogP contribution in [-0.4, -0.2) is 64.5 Å². The molecule has 0 radical (unpaired) electrons. The van der Waals surface area contributed by atoms with Crippen molar-refractivity contribution in [3.63, 3.8) is 0 Å². The Balaban J connectivity index is 2.71. The molecule has 30 heavy (non-hydrogen) atoms. The number of carbonyl (C=O) groups excluding carboxylic acids is 2. The number of para-hydroxylation sites is 1. The second-order valence-corrected chi connectivity index (χ2v) is 6.86.